The number of hydrogen-bond donors (Lipinski definition) is 3. The van der Waals surface area contributed by atoms with Gasteiger partial charge in [-0.1, -0.05) is 11.3 Å². The summed E-state index contributed by atoms with van der Waals surface area (Å²) in [5.41, 5.74) is 1.52. The van der Waals surface area contributed by atoms with E-state index in [-0.39, 0.29) is 24.3 Å². The SMILES string of the molecule is CNC(=O)c1cnc(NC(=NC2CCCCN(CC(=O)N3CCCC3)C2=O)Nc2ccc3oc(C)cc3c2)s1. The fraction of sp³-hybridized carbons (Fsp3) is 0.444. The van der Waals surface area contributed by atoms with Gasteiger partial charge in [0.2, 0.25) is 17.8 Å². The van der Waals surface area contributed by atoms with Crippen molar-refractivity contribution in [2.45, 2.75) is 45.1 Å². The minimum atomic E-state index is -0.660. The molecule has 5 rings (SSSR count). The Balaban J connectivity index is 1.40. The lowest BCUT2D eigenvalue weighted by molar-refractivity contribution is -0.140. The van der Waals surface area contributed by atoms with E-state index in [1.165, 1.54) is 17.5 Å². The molecule has 12 heteroatoms. The van der Waals surface area contributed by atoms with Crippen molar-refractivity contribution in [2.24, 2.45) is 4.99 Å². The first-order valence-electron chi connectivity index (χ1n) is 13.3. The number of nitrogens with zero attached hydrogens (tertiary/aromatic N) is 4. The number of aryl methyl sites for hydroxylation is 1. The van der Waals surface area contributed by atoms with Crippen LogP contribution in [0.15, 0.2) is 39.9 Å². The van der Waals surface area contributed by atoms with Gasteiger partial charge in [-0.3, -0.25) is 14.4 Å². The number of thiazole rings is 1. The lowest BCUT2D eigenvalue weighted by Crippen LogP contribution is -2.45. The molecule has 4 heterocycles. The fourth-order valence-electron chi connectivity index (χ4n) is 4.89. The number of carbonyl (C=O) groups is 3. The standard InChI is InChI=1S/C27H33N7O4S/c1-17-13-18-14-19(8-9-21(18)38-17)30-26(32-27-29-15-22(39-27)24(36)28-2)31-20-7-3-4-12-34(25(20)37)16-23(35)33-10-5-6-11-33/h8-9,13-15,20H,3-7,10-12,16H2,1-2H3,(H,28,36)(H2,29,30,31,32). The van der Waals surface area contributed by atoms with E-state index >= 15 is 0 Å². The number of aromatic nitrogens is 1. The molecule has 39 heavy (non-hydrogen) atoms. The van der Waals surface area contributed by atoms with Gasteiger partial charge in [-0.15, -0.1) is 0 Å². The van der Waals surface area contributed by atoms with Gasteiger partial charge in [0, 0.05) is 37.8 Å². The first kappa shape index (κ1) is 26.7. The molecule has 0 saturated carbocycles. The number of amides is 3. The van der Waals surface area contributed by atoms with Crippen LogP contribution in [0.2, 0.25) is 0 Å². The number of rotatable bonds is 6. The minimum Gasteiger partial charge on any atom is -0.461 e. The summed E-state index contributed by atoms with van der Waals surface area (Å²) in [6.45, 7) is 4.03. The Morgan fingerprint density at radius 1 is 1.13 bits per heavy atom. The summed E-state index contributed by atoms with van der Waals surface area (Å²) in [7, 11) is 1.56. The number of carbonyl (C=O) groups excluding carboxylic acids is 3. The number of benzene rings is 1. The van der Waals surface area contributed by atoms with E-state index in [2.05, 4.69) is 20.9 Å². The molecule has 0 aliphatic carbocycles. The van der Waals surface area contributed by atoms with E-state index < -0.39 is 6.04 Å². The first-order chi connectivity index (χ1) is 18.9. The summed E-state index contributed by atoms with van der Waals surface area (Å²) in [5.74, 6) is 0.747. The second-order valence-corrected chi connectivity index (χ2v) is 10.8. The summed E-state index contributed by atoms with van der Waals surface area (Å²) in [6.07, 6.45) is 5.72. The van der Waals surface area contributed by atoms with Crippen LogP contribution >= 0.6 is 11.3 Å². The molecule has 2 aliphatic heterocycles. The van der Waals surface area contributed by atoms with Crippen molar-refractivity contribution in [1.29, 1.82) is 0 Å². The Bertz CT molecular complexity index is 1390. The van der Waals surface area contributed by atoms with Gasteiger partial charge in [0.05, 0.1) is 12.7 Å². The predicted molar refractivity (Wildman–Crippen MR) is 151 cm³/mol. The van der Waals surface area contributed by atoms with Crippen LogP contribution < -0.4 is 16.0 Å². The van der Waals surface area contributed by atoms with Crippen LogP contribution in [0.3, 0.4) is 0 Å². The predicted octanol–water partition coefficient (Wildman–Crippen LogP) is 3.44. The van der Waals surface area contributed by atoms with Gasteiger partial charge >= 0.3 is 0 Å². The van der Waals surface area contributed by atoms with E-state index in [0.29, 0.717) is 28.9 Å². The number of furan rings is 1. The second kappa shape index (κ2) is 11.9. The second-order valence-electron chi connectivity index (χ2n) is 9.81. The van der Waals surface area contributed by atoms with E-state index in [4.69, 9.17) is 9.41 Å². The van der Waals surface area contributed by atoms with Crippen LogP contribution in [0.1, 0.15) is 47.5 Å². The van der Waals surface area contributed by atoms with E-state index in [1.807, 2.05) is 36.1 Å². The third-order valence-corrected chi connectivity index (χ3v) is 7.82. The average molecular weight is 552 g/mol. The van der Waals surface area contributed by atoms with Crippen LogP contribution in [0.25, 0.3) is 11.0 Å². The Morgan fingerprint density at radius 2 is 1.92 bits per heavy atom. The molecule has 3 N–H and O–H groups in total. The number of aliphatic imine (C=N–C) groups is 1. The minimum absolute atomic E-state index is 0.00447. The highest BCUT2D eigenvalue weighted by atomic mass is 32.1. The number of guanidine groups is 1. The molecule has 11 nitrogen and oxygen atoms in total. The maximum atomic E-state index is 13.6. The van der Waals surface area contributed by atoms with Crippen LogP contribution in [0.4, 0.5) is 10.8 Å². The highest BCUT2D eigenvalue weighted by Crippen LogP contribution is 2.24. The Hall–Kier alpha value is -3.93. The number of likely N-dealkylation sites (tertiary alicyclic amines) is 2. The van der Waals surface area contributed by atoms with Gasteiger partial charge in [-0.2, -0.15) is 0 Å². The number of anilines is 2. The first-order valence-corrected chi connectivity index (χ1v) is 14.1. The fourth-order valence-corrected chi connectivity index (χ4v) is 5.66. The zero-order valence-corrected chi connectivity index (χ0v) is 23.0. The largest absolute Gasteiger partial charge is 0.461 e. The van der Waals surface area contributed by atoms with Crippen molar-refractivity contribution in [3.8, 4) is 0 Å². The quantitative estimate of drug-likeness (QED) is 0.316. The van der Waals surface area contributed by atoms with Crippen LogP contribution in [0.5, 0.6) is 0 Å². The zero-order chi connectivity index (χ0) is 27.4. The molecule has 0 radical (unpaired) electrons. The molecule has 1 aromatic carbocycles. The number of hydrogen-bond acceptors (Lipinski definition) is 7. The Morgan fingerprint density at radius 3 is 2.72 bits per heavy atom. The molecule has 1 atom stereocenters. The summed E-state index contributed by atoms with van der Waals surface area (Å²) in [5, 5.41) is 10.4. The van der Waals surface area contributed by atoms with Crippen LogP contribution in [-0.2, 0) is 9.59 Å². The van der Waals surface area contributed by atoms with E-state index in [1.54, 1.807) is 11.9 Å². The van der Waals surface area contributed by atoms with E-state index in [9.17, 15) is 14.4 Å². The van der Waals surface area contributed by atoms with Crippen molar-refractivity contribution in [1.82, 2.24) is 20.1 Å². The molecule has 2 aromatic heterocycles. The van der Waals surface area contributed by atoms with Gasteiger partial charge in [-0.25, -0.2) is 9.98 Å². The summed E-state index contributed by atoms with van der Waals surface area (Å²) < 4.78 is 5.69. The van der Waals surface area contributed by atoms with Crippen molar-refractivity contribution in [2.75, 3.05) is 43.9 Å². The third kappa shape index (κ3) is 6.39. The third-order valence-electron chi connectivity index (χ3n) is 6.91. The van der Waals surface area contributed by atoms with Crippen molar-refractivity contribution >= 4 is 56.8 Å². The highest BCUT2D eigenvalue weighted by Gasteiger charge is 2.30. The molecule has 206 valence electrons. The van der Waals surface area contributed by atoms with Gasteiger partial charge in [0.25, 0.3) is 5.91 Å². The normalized spacial score (nSPS) is 18.4. The van der Waals surface area contributed by atoms with Gasteiger partial charge in [0.1, 0.15) is 22.3 Å². The molecule has 3 amide bonds. The summed E-state index contributed by atoms with van der Waals surface area (Å²) >= 11 is 1.18. The monoisotopic (exact) mass is 551 g/mol. The Labute approximate surface area is 230 Å². The van der Waals surface area contributed by atoms with E-state index in [0.717, 1.165) is 61.2 Å². The van der Waals surface area contributed by atoms with Crippen molar-refractivity contribution in [3.63, 3.8) is 0 Å². The van der Waals surface area contributed by atoms with Gasteiger partial charge in [0.15, 0.2) is 5.13 Å². The maximum Gasteiger partial charge on any atom is 0.262 e. The number of fused-ring (bicyclic) bond motifs is 1. The lowest BCUT2D eigenvalue weighted by Gasteiger charge is -2.25. The number of nitrogens with one attached hydrogen (secondary N) is 3. The molecular formula is C27H33N7O4S. The van der Waals surface area contributed by atoms with Gasteiger partial charge < -0.3 is 30.2 Å². The van der Waals surface area contributed by atoms with Crippen LogP contribution in [0, 0.1) is 6.92 Å². The van der Waals surface area contributed by atoms with Crippen molar-refractivity contribution in [3.05, 3.63) is 41.1 Å². The lowest BCUT2D eigenvalue weighted by atomic mass is 10.1. The highest BCUT2D eigenvalue weighted by molar-refractivity contribution is 7.17. The summed E-state index contributed by atoms with van der Waals surface area (Å²) in [6, 6.07) is 6.98. The maximum absolute atomic E-state index is 13.6. The van der Waals surface area contributed by atoms with Gasteiger partial charge in [-0.05, 0) is 63.3 Å². The molecular weight excluding hydrogens is 518 g/mol. The smallest absolute Gasteiger partial charge is 0.262 e. The van der Waals surface area contributed by atoms with Crippen LogP contribution in [-0.4, -0.2) is 77.7 Å². The molecule has 1 unspecified atom stereocenters. The summed E-state index contributed by atoms with van der Waals surface area (Å²) in [4.78, 5) is 51.5. The molecule has 2 fully saturated rings. The Kier molecular flexibility index (Phi) is 8.10. The average Bonchev–Trinajstić information content (AvgIpc) is 3.67. The molecule has 2 aliphatic rings. The zero-order valence-electron chi connectivity index (χ0n) is 22.2. The topological polar surface area (TPSA) is 132 Å². The molecule has 0 bridgehead atoms. The molecule has 3 aromatic rings. The molecule has 0 spiro atoms. The molecule has 2 saturated heterocycles. The van der Waals surface area contributed by atoms with Crippen molar-refractivity contribution < 1.29 is 18.8 Å².